The SMILES string of the molecule is COc1ccc(CSc2nnc(Nc3ccc4c(c3)OCCCO4)c(=O)n2C)cc1OC. The number of hydrogen-bond donors (Lipinski definition) is 1. The lowest BCUT2D eigenvalue weighted by atomic mass is 10.2. The normalized spacial score (nSPS) is 12.7. The fourth-order valence-corrected chi connectivity index (χ4v) is 4.00. The van der Waals surface area contributed by atoms with E-state index in [2.05, 4.69) is 15.5 Å². The van der Waals surface area contributed by atoms with Gasteiger partial charge in [-0.05, 0) is 29.8 Å². The lowest BCUT2D eigenvalue weighted by Crippen LogP contribution is -2.24. The van der Waals surface area contributed by atoms with Crippen molar-refractivity contribution in [3.63, 3.8) is 0 Å². The summed E-state index contributed by atoms with van der Waals surface area (Å²) in [5, 5.41) is 11.9. The van der Waals surface area contributed by atoms with Crippen molar-refractivity contribution >= 4 is 23.3 Å². The molecule has 0 radical (unpaired) electrons. The molecular weight excluding hydrogens is 432 g/mol. The van der Waals surface area contributed by atoms with Crippen LogP contribution in [0.2, 0.25) is 0 Å². The molecule has 0 bridgehead atoms. The van der Waals surface area contributed by atoms with E-state index in [-0.39, 0.29) is 11.4 Å². The summed E-state index contributed by atoms with van der Waals surface area (Å²) in [7, 11) is 4.87. The maximum atomic E-state index is 12.8. The van der Waals surface area contributed by atoms with E-state index in [0.717, 1.165) is 12.0 Å². The Bertz CT molecular complexity index is 1170. The fraction of sp³-hybridized carbons (Fsp3) is 0.318. The van der Waals surface area contributed by atoms with Crippen LogP contribution in [0.5, 0.6) is 23.0 Å². The molecule has 1 aromatic heterocycles. The molecule has 1 N–H and O–H groups in total. The molecule has 9 nitrogen and oxygen atoms in total. The average molecular weight is 457 g/mol. The van der Waals surface area contributed by atoms with Crippen LogP contribution in [0.25, 0.3) is 0 Å². The summed E-state index contributed by atoms with van der Waals surface area (Å²) in [5.41, 5.74) is 1.41. The molecule has 1 aliphatic rings. The van der Waals surface area contributed by atoms with Crippen LogP contribution in [0.1, 0.15) is 12.0 Å². The Hall–Kier alpha value is -3.40. The van der Waals surface area contributed by atoms with Gasteiger partial charge in [0.25, 0.3) is 5.56 Å². The number of nitrogens with one attached hydrogen (secondary N) is 1. The van der Waals surface area contributed by atoms with Crippen LogP contribution < -0.4 is 29.8 Å². The van der Waals surface area contributed by atoms with Crippen molar-refractivity contribution in [3.05, 3.63) is 52.3 Å². The van der Waals surface area contributed by atoms with Gasteiger partial charge in [0, 0.05) is 31.0 Å². The topological polar surface area (TPSA) is 96.7 Å². The molecule has 2 aromatic carbocycles. The maximum Gasteiger partial charge on any atom is 0.297 e. The third kappa shape index (κ3) is 4.75. The summed E-state index contributed by atoms with van der Waals surface area (Å²) in [4.78, 5) is 12.8. The van der Waals surface area contributed by atoms with E-state index >= 15 is 0 Å². The highest BCUT2D eigenvalue weighted by molar-refractivity contribution is 7.98. The molecule has 2 heterocycles. The molecule has 0 aliphatic carbocycles. The zero-order valence-corrected chi connectivity index (χ0v) is 18.9. The van der Waals surface area contributed by atoms with Gasteiger partial charge in [-0.1, -0.05) is 17.8 Å². The van der Waals surface area contributed by atoms with E-state index in [4.69, 9.17) is 18.9 Å². The van der Waals surface area contributed by atoms with Crippen molar-refractivity contribution in [2.45, 2.75) is 17.3 Å². The highest BCUT2D eigenvalue weighted by Crippen LogP contribution is 2.33. The molecule has 0 amide bonds. The minimum Gasteiger partial charge on any atom is -0.493 e. The highest BCUT2D eigenvalue weighted by atomic mass is 32.2. The van der Waals surface area contributed by atoms with Crippen LogP contribution in [-0.4, -0.2) is 42.2 Å². The third-order valence-corrected chi connectivity index (χ3v) is 5.95. The molecule has 0 unspecified atom stereocenters. The Morgan fingerprint density at radius 3 is 2.59 bits per heavy atom. The van der Waals surface area contributed by atoms with Crippen molar-refractivity contribution < 1.29 is 18.9 Å². The van der Waals surface area contributed by atoms with Crippen molar-refractivity contribution in [1.82, 2.24) is 14.8 Å². The first-order chi connectivity index (χ1) is 15.6. The predicted molar refractivity (Wildman–Crippen MR) is 122 cm³/mol. The number of ether oxygens (including phenoxy) is 4. The Morgan fingerprint density at radius 2 is 1.81 bits per heavy atom. The van der Waals surface area contributed by atoms with Crippen LogP contribution in [0.4, 0.5) is 11.5 Å². The fourth-order valence-electron chi connectivity index (χ4n) is 3.15. The van der Waals surface area contributed by atoms with Gasteiger partial charge in [0.05, 0.1) is 27.4 Å². The second kappa shape index (κ2) is 9.82. The van der Waals surface area contributed by atoms with Gasteiger partial charge in [-0.15, -0.1) is 10.2 Å². The minimum atomic E-state index is -0.276. The molecule has 4 rings (SSSR count). The molecular formula is C22H24N4O5S. The largest absolute Gasteiger partial charge is 0.493 e. The first kappa shape index (κ1) is 21.8. The summed E-state index contributed by atoms with van der Waals surface area (Å²) >= 11 is 1.41. The van der Waals surface area contributed by atoms with E-state index < -0.39 is 0 Å². The lowest BCUT2D eigenvalue weighted by molar-refractivity contribution is 0.297. The Morgan fingerprint density at radius 1 is 1.03 bits per heavy atom. The van der Waals surface area contributed by atoms with Gasteiger partial charge in [0.1, 0.15) is 0 Å². The number of methoxy groups -OCH3 is 2. The lowest BCUT2D eigenvalue weighted by Gasteiger charge is -2.12. The summed E-state index contributed by atoms with van der Waals surface area (Å²) in [6, 6.07) is 11.1. The van der Waals surface area contributed by atoms with Crippen LogP contribution in [0.3, 0.4) is 0 Å². The van der Waals surface area contributed by atoms with Gasteiger partial charge in [-0.25, -0.2) is 0 Å². The molecule has 0 saturated carbocycles. The van der Waals surface area contributed by atoms with E-state index in [1.807, 2.05) is 30.3 Å². The first-order valence-electron chi connectivity index (χ1n) is 10.0. The summed E-state index contributed by atoms with van der Waals surface area (Å²) < 4.78 is 23.4. The van der Waals surface area contributed by atoms with Gasteiger partial charge >= 0.3 is 0 Å². The molecule has 0 saturated heterocycles. The molecule has 1 aliphatic heterocycles. The number of fused-ring (bicyclic) bond motifs is 1. The zero-order valence-electron chi connectivity index (χ0n) is 18.1. The van der Waals surface area contributed by atoms with Gasteiger partial charge in [0.15, 0.2) is 28.2 Å². The van der Waals surface area contributed by atoms with Gasteiger partial charge in [-0.2, -0.15) is 0 Å². The minimum absolute atomic E-state index is 0.137. The number of benzene rings is 2. The first-order valence-corrected chi connectivity index (χ1v) is 11.0. The van der Waals surface area contributed by atoms with Gasteiger partial charge < -0.3 is 24.3 Å². The number of aromatic nitrogens is 3. The highest BCUT2D eigenvalue weighted by Gasteiger charge is 2.14. The summed E-state index contributed by atoms with van der Waals surface area (Å²) in [6.07, 6.45) is 0.825. The Kier molecular flexibility index (Phi) is 6.69. The molecule has 0 spiro atoms. The molecule has 32 heavy (non-hydrogen) atoms. The number of nitrogens with zero attached hydrogens (tertiary/aromatic N) is 3. The molecule has 0 fully saturated rings. The molecule has 3 aromatic rings. The monoisotopic (exact) mass is 456 g/mol. The average Bonchev–Trinajstić information content (AvgIpc) is 3.06. The van der Waals surface area contributed by atoms with Gasteiger partial charge in [-0.3, -0.25) is 9.36 Å². The maximum absolute atomic E-state index is 12.8. The second-order valence-corrected chi connectivity index (χ2v) is 7.95. The van der Waals surface area contributed by atoms with Crippen molar-refractivity contribution in [2.75, 3.05) is 32.8 Å². The van der Waals surface area contributed by atoms with E-state index in [1.54, 1.807) is 27.3 Å². The number of rotatable bonds is 7. The quantitative estimate of drug-likeness (QED) is 0.537. The molecule has 168 valence electrons. The van der Waals surface area contributed by atoms with Gasteiger partial charge in [0.2, 0.25) is 5.82 Å². The van der Waals surface area contributed by atoms with Crippen LogP contribution in [0, 0.1) is 0 Å². The number of anilines is 2. The Labute approximate surface area is 189 Å². The van der Waals surface area contributed by atoms with Crippen molar-refractivity contribution in [1.29, 1.82) is 0 Å². The third-order valence-electron chi connectivity index (χ3n) is 4.86. The van der Waals surface area contributed by atoms with Crippen LogP contribution in [0.15, 0.2) is 46.3 Å². The van der Waals surface area contributed by atoms with E-state index in [1.165, 1.54) is 16.3 Å². The van der Waals surface area contributed by atoms with Crippen molar-refractivity contribution in [3.8, 4) is 23.0 Å². The number of thioether (sulfide) groups is 1. The van der Waals surface area contributed by atoms with Crippen LogP contribution in [-0.2, 0) is 12.8 Å². The molecule has 10 heteroatoms. The van der Waals surface area contributed by atoms with Crippen molar-refractivity contribution in [2.24, 2.45) is 7.05 Å². The smallest absolute Gasteiger partial charge is 0.297 e. The second-order valence-electron chi connectivity index (χ2n) is 7.01. The molecule has 0 atom stereocenters. The Balaban J connectivity index is 1.48. The standard InChI is InChI=1S/C22H24N4O5S/c1-26-21(27)20(23-15-6-8-17-19(12-15)31-10-4-9-30-17)24-25-22(26)32-13-14-5-7-16(28-2)18(11-14)29-3/h5-8,11-12H,4,9-10,13H2,1-3H3,(H,23,24). The summed E-state index contributed by atoms with van der Waals surface area (Å²) in [6.45, 7) is 1.21. The van der Waals surface area contributed by atoms with E-state index in [0.29, 0.717) is 52.8 Å². The zero-order chi connectivity index (χ0) is 22.5. The van der Waals surface area contributed by atoms with E-state index in [9.17, 15) is 4.79 Å². The predicted octanol–water partition coefficient (Wildman–Crippen LogP) is 3.39. The van der Waals surface area contributed by atoms with Crippen LogP contribution >= 0.6 is 11.8 Å². The number of hydrogen-bond acceptors (Lipinski definition) is 9. The summed E-state index contributed by atoms with van der Waals surface area (Å²) in [5.74, 6) is 3.38.